The van der Waals surface area contributed by atoms with Gasteiger partial charge in [-0.25, -0.2) is 9.78 Å². The van der Waals surface area contributed by atoms with Crippen LogP contribution >= 0.6 is 23.2 Å². The minimum absolute atomic E-state index is 0.124. The number of carbonyl (C=O) groups excluding carboxylic acids is 10. The molecule has 0 saturated carbocycles. The molecule has 15 rings (SSSR count). The number of aliphatic carboxylic acids is 1. The molecule has 0 unspecified atom stereocenters. The number of phenolic OH excluding ortho intramolecular Hbond substituents is 3. The number of nitrogens with zero attached hydrogens (tertiary/aromatic N) is 1. The van der Waals surface area contributed by atoms with Crippen molar-refractivity contribution in [1.29, 1.82) is 0 Å². The lowest BCUT2D eigenvalue weighted by molar-refractivity contribution is -0.277. The summed E-state index contributed by atoms with van der Waals surface area (Å²) in [5.41, 5.74) is 15.1. The fourth-order valence-corrected chi connectivity index (χ4v) is 17.1. The summed E-state index contributed by atoms with van der Waals surface area (Å²) in [7, 11) is 1.46. The highest BCUT2D eigenvalue weighted by Gasteiger charge is 2.50. The molecule has 2 saturated heterocycles. The van der Waals surface area contributed by atoms with Crippen LogP contribution in [0.3, 0.4) is 0 Å². The normalized spacial score (nSPS) is 25.7. The molecular weight excluding hydrogens is 1800 g/mol. The maximum Gasteiger partial charge on any atom is 0.326 e. The van der Waals surface area contributed by atoms with Gasteiger partial charge in [0.05, 0.1) is 47.7 Å². The number of aromatic nitrogens is 3. The van der Waals surface area contributed by atoms with E-state index in [4.69, 9.17) is 68.8 Å². The SMILES string of the molecule is CN[C@H](CC(C)C)C(=O)N[C@H]1C(=O)N[C@H](CC(N)=O)C(=O)N[C@H]2C(=O)N[C@H]3C(=O)N[C@H](C(=O)N[C@H](C(=O)N[C@@H](Cc4cnc[nH]4)C(=O)N[C@@H](CCCCN)C(=O)N[C@@H](Cc4c[nH]c5ccccc45)C(=O)O)c4cc(O)cc(O)c4-c4cc3ccc4O)[C@H](O[C@H]3C[C@](C)(N)[C@@H](O)[C@H](C)O3)c3ccc(c(Cl)c3)Oc3cc2cc(c3O[C@H]2O[C@@H](CO)[C@H](O)[C@@H](O)[C@@H]2O)Oc2ccc(cc2Cl)[C@H]1O. The molecule has 21 atom stereocenters. The third kappa shape index (κ3) is 22.3. The number of H-pyrrole nitrogens is 2. The molecule has 0 spiro atoms. The number of aliphatic hydroxyl groups excluding tert-OH is 6. The molecule has 2 aromatic heterocycles. The van der Waals surface area contributed by atoms with E-state index in [9.17, 15) is 70.2 Å². The van der Waals surface area contributed by atoms with Gasteiger partial charge < -0.3 is 160 Å². The summed E-state index contributed by atoms with van der Waals surface area (Å²) in [5.74, 6) is -20.0. The van der Waals surface area contributed by atoms with E-state index in [0.29, 0.717) is 22.9 Å². The Morgan fingerprint density at radius 2 is 1.33 bits per heavy atom. The number of nitrogens with two attached hydrogens (primary N) is 3. The molecule has 45 heteroatoms. The van der Waals surface area contributed by atoms with Gasteiger partial charge in [-0.1, -0.05) is 73.4 Å². The predicted molar refractivity (Wildman–Crippen MR) is 472 cm³/mol. The number of fused-ring (bicyclic) bond motifs is 16. The fourth-order valence-electron chi connectivity index (χ4n) is 16.6. The number of aromatic hydroxyl groups is 3. The zero-order valence-corrected chi connectivity index (χ0v) is 74.1. The van der Waals surface area contributed by atoms with Gasteiger partial charge in [-0.05, 0) is 153 Å². The van der Waals surface area contributed by atoms with Crippen LogP contribution in [0, 0.1) is 5.92 Å². The van der Waals surface area contributed by atoms with Crippen LogP contribution in [-0.2, 0) is 79.8 Å². The molecule has 10 amide bonds. The molecule has 134 heavy (non-hydrogen) atoms. The average molecular weight is 1900 g/mol. The van der Waals surface area contributed by atoms with Crippen LogP contribution in [0.2, 0.25) is 10.0 Å². The van der Waals surface area contributed by atoms with E-state index in [1.165, 1.54) is 45.6 Å². The minimum Gasteiger partial charge on any atom is -0.508 e. The standard InChI is InChI=1S/C89H104Cl2N16O27/c1-36(2)20-52(95-5)79(119)106-69-71(113)39-14-17-58(48(90)22-39)130-60-25-41-26-61(76(60)134-88-74(116)73(115)72(114)62(34-108)132-88)131-59-18-15-40(23-49(59)91)75(133-64-31-89(4,94)77(117)37(3)129-64)70-86(126)105-68(47-28-44(109)29-57(111)65(47)46-21-38(13-16-56(46)110)66(82(122)107-70)104-83(123)67(41)103-81(121)54(30-63(93)112)101-85(69)125)84(124)100-53(27-43-33-96-35-98-43)80(120)99-51(12-8-9-19-92)78(118)102-55(87(127)128)24-42-32-97-50-11-7-6-10-45(42)50/h6-7,10-11,13-18,21-23,25-26,28-29,32-33,35-37,51-55,62,64,66-75,77,88,95,97,108-111,113-117H,8-9,12,19-20,24,27,30-31,34,92,94H2,1-5H3,(H2,93,112)(H,96,98)(H,99,120)(H,100,124)(H,101,125)(H,102,118)(H,103,121)(H,104,123)(H,105,126)(H,106,119)(H,107,122)(H,127,128)/t37-,51-,52+,53-,54+,55-,62-,64-,66+,67+,68-,69+,70-,71+,72-,73+,74-,75+,77-,88+,89-/m0/s1. The number of phenols is 3. The topological polar surface area (TPSA) is 688 Å². The first-order valence-corrected chi connectivity index (χ1v) is 43.6. The molecule has 9 heterocycles. The van der Waals surface area contributed by atoms with Crippen molar-refractivity contribution in [3.8, 4) is 57.1 Å². The van der Waals surface area contributed by atoms with Crippen molar-refractivity contribution >= 4 is 99.1 Å². The van der Waals surface area contributed by atoms with Crippen LogP contribution in [0.5, 0.6) is 46.0 Å². The summed E-state index contributed by atoms with van der Waals surface area (Å²) in [5, 5.41) is 141. The second-order valence-electron chi connectivity index (χ2n) is 34.0. The summed E-state index contributed by atoms with van der Waals surface area (Å²) in [6.45, 7) is 5.62. The third-order valence-corrected chi connectivity index (χ3v) is 24.3. The molecule has 716 valence electrons. The van der Waals surface area contributed by atoms with Crippen LogP contribution in [0.25, 0.3) is 22.0 Å². The summed E-state index contributed by atoms with van der Waals surface area (Å²) in [4.78, 5) is 178. The molecule has 7 aliphatic heterocycles. The first-order valence-electron chi connectivity index (χ1n) is 42.8. The molecule has 28 N–H and O–H groups in total. The lowest BCUT2D eigenvalue weighted by Crippen LogP contribution is -2.61. The number of nitrogens with one attached hydrogen (secondary N) is 12. The lowest BCUT2D eigenvalue weighted by atomic mass is 9.86. The number of hydrogen-bond acceptors (Lipinski definition) is 30. The molecule has 7 aliphatic rings. The lowest BCUT2D eigenvalue weighted by Gasteiger charge is -2.44. The van der Waals surface area contributed by atoms with Crippen LogP contribution < -0.4 is 84.6 Å². The number of amides is 10. The van der Waals surface area contributed by atoms with Gasteiger partial charge in [-0.15, -0.1) is 0 Å². The second kappa shape index (κ2) is 42.2. The number of ether oxygens (including phenoxy) is 6. The van der Waals surface area contributed by atoms with Crippen LogP contribution in [0.4, 0.5) is 0 Å². The number of imidazole rings is 1. The van der Waals surface area contributed by atoms with Gasteiger partial charge in [0.15, 0.2) is 17.8 Å². The number of para-hydroxylation sites is 1. The minimum atomic E-state index is -2.44. The average Bonchev–Trinajstić information content (AvgIpc) is 0.836. The number of halogens is 2. The number of hydrogen-bond donors (Lipinski definition) is 25. The van der Waals surface area contributed by atoms with E-state index in [1.54, 1.807) is 44.3 Å². The maximum absolute atomic E-state index is 16.7. The molecule has 6 aromatic carbocycles. The Labute approximate surface area is 773 Å². The van der Waals surface area contributed by atoms with Gasteiger partial charge >= 0.3 is 5.97 Å². The smallest absolute Gasteiger partial charge is 0.326 e. The second-order valence-corrected chi connectivity index (χ2v) is 34.8. The molecule has 8 aromatic rings. The molecule has 2 fully saturated rings. The van der Waals surface area contributed by atoms with Gasteiger partial charge in [-0.3, -0.25) is 47.9 Å². The number of aromatic amines is 2. The zero-order chi connectivity index (χ0) is 96.7. The number of carboxylic acid groups (broad SMARTS) is 1. The number of primary amides is 1. The first kappa shape index (κ1) is 98.6. The van der Waals surface area contributed by atoms with Crippen molar-refractivity contribution in [2.45, 2.75) is 206 Å². The zero-order valence-electron chi connectivity index (χ0n) is 72.6. The molecular formula is C89H104Cl2N16O27. The quantitative estimate of drug-likeness (QED) is 0.0309. The van der Waals surface area contributed by atoms with Crippen LogP contribution in [0.1, 0.15) is 136 Å². The van der Waals surface area contributed by atoms with Crippen molar-refractivity contribution in [3.63, 3.8) is 0 Å². The number of unbranched alkanes of at least 4 members (excludes halogenated alkanes) is 1. The highest BCUT2D eigenvalue weighted by atomic mass is 35.5. The fraction of sp³-hybridized carbons (Fsp3) is 0.416. The highest BCUT2D eigenvalue weighted by molar-refractivity contribution is 6.32. The monoisotopic (exact) mass is 1900 g/mol. The maximum atomic E-state index is 16.7. The molecule has 11 bridgehead atoms. The van der Waals surface area contributed by atoms with Gasteiger partial charge in [-0.2, -0.15) is 0 Å². The van der Waals surface area contributed by atoms with E-state index in [2.05, 4.69) is 68.1 Å². The molecule has 0 radical (unpaired) electrons. The van der Waals surface area contributed by atoms with E-state index in [0.717, 1.165) is 66.7 Å². The Balaban J connectivity index is 0.998. The number of carbonyl (C=O) groups is 11. The highest BCUT2D eigenvalue weighted by Crippen LogP contribution is 2.50. The van der Waals surface area contributed by atoms with E-state index < -0.39 is 296 Å². The summed E-state index contributed by atoms with van der Waals surface area (Å²) < 4.78 is 38.7. The van der Waals surface area contributed by atoms with Gasteiger partial charge in [0.25, 0.3) is 0 Å². The number of benzene rings is 6. The Kier molecular flexibility index (Phi) is 31.0. The van der Waals surface area contributed by atoms with Gasteiger partial charge in [0, 0.05) is 71.0 Å². The van der Waals surface area contributed by atoms with Crippen molar-refractivity contribution < 1.29 is 132 Å². The summed E-state index contributed by atoms with van der Waals surface area (Å²) >= 11 is 14.5. The van der Waals surface area contributed by atoms with E-state index >= 15 is 33.6 Å². The van der Waals surface area contributed by atoms with Crippen LogP contribution in [-0.4, -0.2) is 248 Å². The third-order valence-electron chi connectivity index (χ3n) is 23.7. The van der Waals surface area contributed by atoms with Crippen molar-refractivity contribution in [2.24, 2.45) is 23.1 Å². The van der Waals surface area contributed by atoms with Gasteiger partial charge in [0.2, 0.25) is 71.1 Å². The van der Waals surface area contributed by atoms with E-state index in [-0.39, 0.29) is 60.7 Å². The predicted octanol–water partition coefficient (Wildman–Crippen LogP) is 0.379. The summed E-state index contributed by atoms with van der Waals surface area (Å²) in [6.07, 6.45) is -16.3. The first-order chi connectivity index (χ1) is 63.7. The van der Waals surface area contributed by atoms with Crippen molar-refractivity contribution in [1.82, 2.24) is 68.1 Å². The number of likely N-dealkylation sites (N-methyl/N-ethyl adjacent to an activating group) is 1. The Morgan fingerprint density at radius 3 is 1.98 bits per heavy atom. The van der Waals surface area contributed by atoms with Gasteiger partial charge in [0.1, 0.15) is 120 Å². The Morgan fingerprint density at radius 1 is 0.672 bits per heavy atom. The summed E-state index contributed by atoms with van der Waals surface area (Å²) in [6, 6.07) is 0.734. The molecule has 43 nitrogen and oxygen atoms in total. The van der Waals surface area contributed by atoms with Crippen molar-refractivity contribution in [3.05, 3.63) is 171 Å². The number of carboxylic acids is 1. The largest absolute Gasteiger partial charge is 0.508 e. The van der Waals surface area contributed by atoms with Crippen molar-refractivity contribution in [2.75, 3.05) is 20.2 Å². The molecule has 0 aliphatic carbocycles. The Hall–Kier alpha value is -12.9. The number of rotatable bonds is 27. The van der Waals surface area contributed by atoms with E-state index in [1.807, 2.05) is 0 Å². The number of aliphatic hydroxyl groups is 6. The van der Waals surface area contributed by atoms with Crippen LogP contribution in [0.15, 0.2) is 122 Å². The Bertz CT molecular complexity index is 5750.